The molecule has 2 N–H and O–H groups in total. The fraction of sp³-hybridized carbons (Fsp3) is 0.462. The highest BCUT2D eigenvalue weighted by Crippen LogP contribution is 2.09. The smallest absolute Gasteiger partial charge is 0.221 e. The van der Waals surface area contributed by atoms with Crippen LogP contribution < -0.4 is 10.6 Å². The second kappa shape index (κ2) is 7.28. The zero-order valence-corrected chi connectivity index (χ0v) is 11.8. The van der Waals surface area contributed by atoms with Crippen molar-refractivity contribution in [2.45, 2.75) is 25.6 Å². The number of nitrogens with one attached hydrogen (secondary N) is 2. The van der Waals surface area contributed by atoms with Crippen LogP contribution in [-0.2, 0) is 22.1 Å². The van der Waals surface area contributed by atoms with Gasteiger partial charge in [-0.2, -0.15) is 0 Å². The number of amides is 1. The van der Waals surface area contributed by atoms with Gasteiger partial charge in [0.15, 0.2) is 0 Å². The molecule has 1 rings (SSSR count). The van der Waals surface area contributed by atoms with E-state index in [2.05, 4.69) is 10.6 Å². The van der Waals surface area contributed by atoms with Crippen LogP contribution in [0.5, 0.6) is 0 Å². The van der Waals surface area contributed by atoms with Crippen molar-refractivity contribution in [3.8, 4) is 0 Å². The lowest BCUT2D eigenvalue weighted by molar-refractivity contribution is -0.114. The molecule has 0 saturated carbocycles. The molecule has 0 bridgehead atoms. The second-order valence-electron chi connectivity index (χ2n) is 4.32. The number of hydrogen-bond donors (Lipinski definition) is 2. The molecule has 0 radical (unpaired) electrons. The summed E-state index contributed by atoms with van der Waals surface area (Å²) in [5.74, 6) is -0.0693. The SMILES string of the molecule is CC(=O)Nc1ccc(CNCC(C)S(C)=O)cc1. The minimum atomic E-state index is -0.789. The molecule has 1 amide bonds. The molecule has 4 nitrogen and oxygen atoms in total. The van der Waals surface area contributed by atoms with Crippen LogP contribution in [0.15, 0.2) is 24.3 Å². The number of rotatable bonds is 6. The molecule has 1 aromatic carbocycles. The molecule has 0 aromatic heterocycles. The molecule has 5 heteroatoms. The number of benzene rings is 1. The third-order valence-corrected chi connectivity index (χ3v) is 3.90. The van der Waals surface area contributed by atoms with Gasteiger partial charge in [-0.3, -0.25) is 9.00 Å². The molecule has 18 heavy (non-hydrogen) atoms. The summed E-state index contributed by atoms with van der Waals surface area (Å²) in [7, 11) is -0.789. The summed E-state index contributed by atoms with van der Waals surface area (Å²) in [6.07, 6.45) is 1.72. The first-order chi connectivity index (χ1) is 8.49. The van der Waals surface area contributed by atoms with Crippen molar-refractivity contribution < 1.29 is 9.00 Å². The van der Waals surface area contributed by atoms with Crippen LogP contribution in [0.2, 0.25) is 0 Å². The van der Waals surface area contributed by atoms with Crippen molar-refractivity contribution in [2.24, 2.45) is 0 Å². The molecule has 0 aliphatic heterocycles. The first-order valence-corrected chi connectivity index (χ1v) is 7.50. The lowest BCUT2D eigenvalue weighted by atomic mass is 10.2. The molecule has 100 valence electrons. The van der Waals surface area contributed by atoms with Gasteiger partial charge in [-0.05, 0) is 24.6 Å². The topological polar surface area (TPSA) is 58.2 Å². The van der Waals surface area contributed by atoms with Crippen LogP contribution in [0, 0.1) is 0 Å². The highest BCUT2D eigenvalue weighted by molar-refractivity contribution is 7.84. The molecule has 0 fully saturated rings. The molecule has 0 aliphatic carbocycles. The number of carbonyl (C=O) groups excluding carboxylic acids is 1. The van der Waals surface area contributed by atoms with Crippen molar-refractivity contribution in [1.29, 1.82) is 0 Å². The van der Waals surface area contributed by atoms with Crippen LogP contribution in [0.1, 0.15) is 19.4 Å². The normalized spacial score (nSPS) is 13.9. The molecule has 2 unspecified atom stereocenters. The second-order valence-corrected chi connectivity index (χ2v) is 6.12. The molecular weight excluding hydrogens is 248 g/mol. The first kappa shape index (κ1) is 14.9. The number of carbonyl (C=O) groups is 1. The number of hydrogen-bond acceptors (Lipinski definition) is 3. The highest BCUT2D eigenvalue weighted by Gasteiger charge is 2.04. The summed E-state index contributed by atoms with van der Waals surface area (Å²) < 4.78 is 11.2. The summed E-state index contributed by atoms with van der Waals surface area (Å²) in [6.45, 7) is 4.92. The maximum Gasteiger partial charge on any atom is 0.221 e. The molecule has 2 atom stereocenters. The minimum Gasteiger partial charge on any atom is -0.326 e. The average Bonchev–Trinajstić information content (AvgIpc) is 2.30. The predicted octanol–water partition coefficient (Wildman–Crippen LogP) is 1.50. The Morgan fingerprint density at radius 3 is 2.44 bits per heavy atom. The zero-order valence-electron chi connectivity index (χ0n) is 11.0. The summed E-state index contributed by atoms with van der Waals surface area (Å²) in [4.78, 5) is 10.9. The Morgan fingerprint density at radius 2 is 1.94 bits per heavy atom. The van der Waals surface area contributed by atoms with E-state index in [9.17, 15) is 9.00 Å². The average molecular weight is 268 g/mol. The van der Waals surface area contributed by atoms with Crippen molar-refractivity contribution in [3.63, 3.8) is 0 Å². The lowest BCUT2D eigenvalue weighted by Crippen LogP contribution is -2.27. The fourth-order valence-corrected chi connectivity index (χ4v) is 1.80. The van der Waals surface area contributed by atoms with Gasteiger partial charge in [0.2, 0.25) is 5.91 Å². The Bertz CT molecular complexity index is 418. The quantitative estimate of drug-likeness (QED) is 0.822. The van der Waals surface area contributed by atoms with Crippen LogP contribution >= 0.6 is 0 Å². The summed E-state index contributed by atoms with van der Waals surface area (Å²) in [6, 6.07) is 7.68. The monoisotopic (exact) mass is 268 g/mol. The molecule has 0 saturated heterocycles. The van der Waals surface area contributed by atoms with E-state index in [1.165, 1.54) is 6.92 Å². The molecule has 1 aromatic rings. The van der Waals surface area contributed by atoms with Crippen LogP contribution in [0.25, 0.3) is 0 Å². The van der Waals surface area contributed by atoms with Crippen LogP contribution in [0.4, 0.5) is 5.69 Å². The van der Waals surface area contributed by atoms with E-state index in [4.69, 9.17) is 0 Å². The maximum atomic E-state index is 11.2. The standard InChI is InChI=1S/C13H20N2O2S/c1-10(18(3)17)8-14-9-12-4-6-13(7-5-12)15-11(2)16/h4-7,10,14H,8-9H2,1-3H3,(H,15,16). The highest BCUT2D eigenvalue weighted by atomic mass is 32.2. The van der Waals surface area contributed by atoms with Gasteiger partial charge in [-0.15, -0.1) is 0 Å². The Hall–Kier alpha value is -1.20. The van der Waals surface area contributed by atoms with Crippen molar-refractivity contribution in [3.05, 3.63) is 29.8 Å². The molecule has 0 spiro atoms. The van der Waals surface area contributed by atoms with Crippen molar-refractivity contribution in [2.75, 3.05) is 18.1 Å². The van der Waals surface area contributed by atoms with Crippen molar-refractivity contribution in [1.82, 2.24) is 5.32 Å². The summed E-state index contributed by atoms with van der Waals surface area (Å²) >= 11 is 0. The third-order valence-electron chi connectivity index (χ3n) is 2.60. The fourth-order valence-electron chi connectivity index (χ4n) is 1.45. The first-order valence-electron chi connectivity index (χ1n) is 5.88. The van der Waals surface area contributed by atoms with E-state index in [0.717, 1.165) is 24.3 Å². The zero-order chi connectivity index (χ0) is 13.5. The van der Waals surface area contributed by atoms with Gasteiger partial charge in [0.25, 0.3) is 0 Å². The lowest BCUT2D eigenvalue weighted by Gasteiger charge is -2.10. The van der Waals surface area contributed by atoms with E-state index < -0.39 is 10.8 Å². The van der Waals surface area contributed by atoms with E-state index >= 15 is 0 Å². The van der Waals surface area contributed by atoms with Crippen LogP contribution in [0.3, 0.4) is 0 Å². The Kier molecular flexibility index (Phi) is 6.01. The largest absolute Gasteiger partial charge is 0.326 e. The van der Waals surface area contributed by atoms with E-state index in [-0.39, 0.29) is 11.2 Å². The Labute approximate surface area is 111 Å². The third kappa shape index (κ3) is 5.42. The minimum absolute atomic E-state index is 0.0693. The van der Waals surface area contributed by atoms with Crippen molar-refractivity contribution >= 4 is 22.4 Å². The number of anilines is 1. The van der Waals surface area contributed by atoms with Gasteiger partial charge in [-0.1, -0.05) is 12.1 Å². The molecule has 0 aliphatic rings. The van der Waals surface area contributed by atoms with Crippen LogP contribution in [-0.4, -0.2) is 28.2 Å². The summed E-state index contributed by atoms with van der Waals surface area (Å²) in [5, 5.41) is 6.14. The van der Waals surface area contributed by atoms with E-state index in [1.54, 1.807) is 6.26 Å². The van der Waals surface area contributed by atoms with Gasteiger partial charge in [0.1, 0.15) is 0 Å². The van der Waals surface area contributed by atoms with E-state index in [0.29, 0.717) is 0 Å². The maximum absolute atomic E-state index is 11.2. The molecular formula is C13H20N2O2S. The van der Waals surface area contributed by atoms with Gasteiger partial charge < -0.3 is 10.6 Å². The predicted molar refractivity (Wildman–Crippen MR) is 76.0 cm³/mol. The van der Waals surface area contributed by atoms with Gasteiger partial charge >= 0.3 is 0 Å². The Balaban J connectivity index is 2.39. The Morgan fingerprint density at radius 1 is 1.33 bits per heavy atom. The van der Waals surface area contributed by atoms with Gasteiger partial charge in [0, 0.05) is 48.0 Å². The summed E-state index contributed by atoms with van der Waals surface area (Å²) in [5.41, 5.74) is 1.94. The van der Waals surface area contributed by atoms with E-state index in [1.807, 2.05) is 31.2 Å². The van der Waals surface area contributed by atoms with Gasteiger partial charge in [0.05, 0.1) is 0 Å². The molecule has 0 heterocycles. The van der Waals surface area contributed by atoms with Gasteiger partial charge in [-0.25, -0.2) is 0 Å².